The van der Waals surface area contributed by atoms with Crippen LogP contribution in [-0.4, -0.2) is 46.3 Å². The lowest BCUT2D eigenvalue weighted by Gasteiger charge is -2.36. The summed E-state index contributed by atoms with van der Waals surface area (Å²) in [5.41, 5.74) is 0. The molecule has 1 heterocycles. The van der Waals surface area contributed by atoms with Crippen molar-refractivity contribution < 1.29 is 15.0 Å². The molecular weight excluding hydrogens is 194 g/mol. The highest BCUT2D eigenvalue weighted by Gasteiger charge is 2.36. The van der Waals surface area contributed by atoms with Crippen LogP contribution in [0.15, 0.2) is 0 Å². The predicted octanol–water partition coefficient (Wildman–Crippen LogP) is 0.696. The highest BCUT2D eigenvalue weighted by Crippen LogP contribution is 2.30. The van der Waals surface area contributed by atoms with E-state index in [-0.39, 0.29) is 0 Å². The quantitative estimate of drug-likeness (QED) is 0.708. The van der Waals surface area contributed by atoms with Crippen LogP contribution in [0.4, 0.5) is 0 Å². The number of likely N-dealkylation sites (tertiary alicyclic amines) is 1. The third-order valence-electron chi connectivity index (χ3n) is 3.76. The molecule has 4 heteroatoms. The number of rotatable bonds is 2. The van der Waals surface area contributed by atoms with Gasteiger partial charge in [0.05, 0.1) is 12.0 Å². The lowest BCUT2D eigenvalue weighted by molar-refractivity contribution is -0.148. The zero-order chi connectivity index (χ0) is 10.8. The molecule has 86 valence electrons. The molecule has 2 rings (SSSR count). The molecule has 1 saturated heterocycles. The molecule has 1 aliphatic heterocycles. The Labute approximate surface area is 89.9 Å². The average molecular weight is 213 g/mol. The molecule has 1 saturated carbocycles. The van der Waals surface area contributed by atoms with Gasteiger partial charge in [-0.2, -0.15) is 0 Å². The highest BCUT2D eigenvalue weighted by molar-refractivity contribution is 5.70. The van der Waals surface area contributed by atoms with Gasteiger partial charge in [-0.15, -0.1) is 0 Å². The second-order valence-electron chi connectivity index (χ2n) is 4.72. The minimum absolute atomic E-state index is 0.386. The first-order chi connectivity index (χ1) is 7.18. The van der Waals surface area contributed by atoms with Crippen LogP contribution in [0.5, 0.6) is 0 Å². The van der Waals surface area contributed by atoms with Crippen molar-refractivity contribution in [3.63, 3.8) is 0 Å². The van der Waals surface area contributed by atoms with E-state index in [1.54, 1.807) is 0 Å². The summed E-state index contributed by atoms with van der Waals surface area (Å²) in [6.07, 6.45) is 4.04. The second-order valence-corrected chi connectivity index (χ2v) is 4.72. The Morgan fingerprint density at radius 1 is 1.20 bits per heavy atom. The van der Waals surface area contributed by atoms with Crippen LogP contribution in [0.2, 0.25) is 0 Å². The smallest absolute Gasteiger partial charge is 0.309 e. The van der Waals surface area contributed by atoms with Crippen LogP contribution >= 0.6 is 0 Å². The first kappa shape index (κ1) is 10.9. The molecule has 4 nitrogen and oxygen atoms in total. The highest BCUT2D eigenvalue weighted by atomic mass is 16.4. The lowest BCUT2D eigenvalue weighted by atomic mass is 9.83. The van der Waals surface area contributed by atoms with E-state index in [0.29, 0.717) is 18.9 Å². The fraction of sp³-hybridized carbons (Fsp3) is 0.909. The molecule has 2 N–H and O–H groups in total. The van der Waals surface area contributed by atoms with Crippen molar-refractivity contribution in [3.05, 3.63) is 0 Å². The Bertz CT molecular complexity index is 238. The molecule has 15 heavy (non-hydrogen) atoms. The van der Waals surface area contributed by atoms with Gasteiger partial charge < -0.3 is 15.1 Å². The van der Waals surface area contributed by atoms with E-state index in [4.69, 9.17) is 5.11 Å². The van der Waals surface area contributed by atoms with E-state index in [9.17, 15) is 9.90 Å². The van der Waals surface area contributed by atoms with E-state index < -0.39 is 18.0 Å². The Morgan fingerprint density at radius 3 is 2.47 bits per heavy atom. The van der Waals surface area contributed by atoms with Crippen LogP contribution in [0.1, 0.15) is 32.1 Å². The normalized spacial score (nSPS) is 38.1. The van der Waals surface area contributed by atoms with Gasteiger partial charge in [-0.3, -0.25) is 4.79 Å². The minimum atomic E-state index is -0.841. The molecule has 0 radical (unpaired) electrons. The van der Waals surface area contributed by atoms with Crippen molar-refractivity contribution >= 4 is 5.97 Å². The summed E-state index contributed by atoms with van der Waals surface area (Å²) < 4.78 is 0. The molecular formula is C11H19NO3. The number of nitrogens with zero attached hydrogens (tertiary/aromatic N) is 1. The molecule has 3 unspecified atom stereocenters. The van der Waals surface area contributed by atoms with Gasteiger partial charge in [0.25, 0.3) is 0 Å². The first-order valence-electron chi connectivity index (χ1n) is 5.83. The van der Waals surface area contributed by atoms with Gasteiger partial charge >= 0.3 is 5.97 Å². The van der Waals surface area contributed by atoms with Crippen LogP contribution in [0.25, 0.3) is 0 Å². The topological polar surface area (TPSA) is 60.8 Å². The van der Waals surface area contributed by atoms with E-state index in [0.717, 1.165) is 19.5 Å². The molecule has 0 amide bonds. The van der Waals surface area contributed by atoms with Crippen molar-refractivity contribution in [1.82, 2.24) is 4.90 Å². The first-order valence-corrected chi connectivity index (χ1v) is 5.83. The Morgan fingerprint density at radius 2 is 1.87 bits per heavy atom. The summed E-state index contributed by atoms with van der Waals surface area (Å²) >= 11 is 0. The van der Waals surface area contributed by atoms with Crippen molar-refractivity contribution in [2.24, 2.45) is 5.92 Å². The summed E-state index contributed by atoms with van der Waals surface area (Å²) in [7, 11) is 0. The standard InChI is InChI=1S/C11H19NO3/c13-10-4-3-8(7-9(10)11(14)15)12-5-1-2-6-12/h8-10,13H,1-7H2,(H,14,15). The average Bonchev–Trinajstić information content (AvgIpc) is 2.71. The Hall–Kier alpha value is -0.610. The van der Waals surface area contributed by atoms with Gasteiger partial charge in [-0.1, -0.05) is 0 Å². The van der Waals surface area contributed by atoms with E-state index >= 15 is 0 Å². The van der Waals surface area contributed by atoms with Crippen molar-refractivity contribution in [1.29, 1.82) is 0 Å². The van der Waals surface area contributed by atoms with E-state index in [1.807, 2.05) is 0 Å². The summed E-state index contributed by atoms with van der Waals surface area (Å²) in [5.74, 6) is -1.39. The molecule has 0 spiro atoms. The maximum Gasteiger partial charge on any atom is 0.309 e. The molecule has 0 bridgehead atoms. The number of hydrogen-bond donors (Lipinski definition) is 2. The zero-order valence-corrected chi connectivity index (χ0v) is 8.93. The Balaban J connectivity index is 1.95. The molecule has 1 aliphatic carbocycles. The van der Waals surface area contributed by atoms with Gasteiger partial charge in [-0.25, -0.2) is 0 Å². The summed E-state index contributed by atoms with van der Waals surface area (Å²) in [5, 5.41) is 18.6. The number of aliphatic hydroxyl groups excluding tert-OH is 1. The van der Waals surface area contributed by atoms with Gasteiger partial charge in [0.1, 0.15) is 0 Å². The predicted molar refractivity (Wildman–Crippen MR) is 55.6 cm³/mol. The molecule has 0 aromatic rings. The maximum atomic E-state index is 10.9. The zero-order valence-electron chi connectivity index (χ0n) is 8.93. The summed E-state index contributed by atoms with van der Waals surface area (Å²) in [6.45, 7) is 2.21. The van der Waals surface area contributed by atoms with Gasteiger partial charge in [0.2, 0.25) is 0 Å². The van der Waals surface area contributed by atoms with Gasteiger partial charge in [0, 0.05) is 6.04 Å². The molecule has 0 aromatic heterocycles. The number of aliphatic carboxylic acids is 1. The van der Waals surface area contributed by atoms with Crippen LogP contribution < -0.4 is 0 Å². The summed E-state index contributed by atoms with van der Waals surface area (Å²) in [6, 6.07) is 0.386. The monoisotopic (exact) mass is 213 g/mol. The largest absolute Gasteiger partial charge is 0.481 e. The number of hydrogen-bond acceptors (Lipinski definition) is 3. The third-order valence-corrected chi connectivity index (χ3v) is 3.76. The van der Waals surface area contributed by atoms with Crippen LogP contribution in [0.3, 0.4) is 0 Å². The number of aliphatic hydroxyl groups is 1. The summed E-state index contributed by atoms with van der Waals surface area (Å²) in [4.78, 5) is 13.3. The van der Waals surface area contributed by atoms with Crippen molar-refractivity contribution in [3.8, 4) is 0 Å². The van der Waals surface area contributed by atoms with Gasteiger partial charge in [-0.05, 0) is 45.2 Å². The van der Waals surface area contributed by atoms with Crippen LogP contribution in [-0.2, 0) is 4.79 Å². The van der Waals surface area contributed by atoms with E-state index in [1.165, 1.54) is 12.8 Å². The van der Waals surface area contributed by atoms with Gasteiger partial charge in [0.15, 0.2) is 0 Å². The van der Waals surface area contributed by atoms with Crippen LogP contribution in [0, 0.1) is 5.92 Å². The SMILES string of the molecule is O=C(O)C1CC(N2CCCC2)CCC1O. The maximum absolute atomic E-state index is 10.9. The second kappa shape index (κ2) is 4.49. The Kier molecular flexibility index (Phi) is 3.26. The van der Waals surface area contributed by atoms with E-state index in [2.05, 4.69) is 4.90 Å². The molecule has 2 fully saturated rings. The number of carboxylic acid groups (broad SMARTS) is 1. The van der Waals surface area contributed by atoms with Crippen molar-refractivity contribution in [2.45, 2.75) is 44.2 Å². The minimum Gasteiger partial charge on any atom is -0.481 e. The molecule has 2 aliphatic rings. The fourth-order valence-electron chi connectivity index (χ4n) is 2.84. The number of carboxylic acids is 1. The molecule has 3 atom stereocenters. The van der Waals surface area contributed by atoms with Crippen molar-refractivity contribution in [2.75, 3.05) is 13.1 Å². The molecule has 0 aromatic carbocycles. The number of carbonyl (C=O) groups is 1. The third kappa shape index (κ3) is 2.32. The lowest BCUT2D eigenvalue weighted by Crippen LogP contribution is -2.44. The fourth-order valence-corrected chi connectivity index (χ4v) is 2.84.